The summed E-state index contributed by atoms with van der Waals surface area (Å²) in [5.41, 5.74) is 3.67. The Balaban J connectivity index is 1.57. The summed E-state index contributed by atoms with van der Waals surface area (Å²) >= 11 is 1.29. The number of hydrogen-bond acceptors (Lipinski definition) is 2. The molecule has 0 bridgehead atoms. The van der Waals surface area contributed by atoms with Crippen LogP contribution in [-0.2, 0) is 12.6 Å². The molecule has 2 heterocycles. The maximum Gasteiger partial charge on any atom is 0.417 e. The fourth-order valence-corrected chi connectivity index (χ4v) is 5.67. The van der Waals surface area contributed by atoms with Gasteiger partial charge in [0.2, 0.25) is 0 Å². The second-order valence-corrected chi connectivity index (χ2v) is 9.19. The molecule has 1 unspecified atom stereocenters. The van der Waals surface area contributed by atoms with Crippen LogP contribution in [0.5, 0.6) is 0 Å². The fourth-order valence-electron chi connectivity index (χ4n) is 4.40. The highest BCUT2D eigenvalue weighted by Gasteiger charge is 2.34. The Morgan fingerprint density at radius 3 is 2.56 bits per heavy atom. The Morgan fingerprint density at radius 1 is 1.12 bits per heavy atom. The third-order valence-electron chi connectivity index (χ3n) is 5.97. The summed E-state index contributed by atoms with van der Waals surface area (Å²) in [5.74, 6) is -0.265. The first kappa shape index (κ1) is 22.9. The van der Waals surface area contributed by atoms with Crippen LogP contribution in [0.15, 0.2) is 53.4 Å². The number of aromatic nitrogens is 1. The van der Waals surface area contributed by atoms with Gasteiger partial charge in [-0.25, -0.2) is 4.39 Å². The second-order valence-electron chi connectivity index (χ2n) is 7.97. The molecule has 1 aliphatic heterocycles. The van der Waals surface area contributed by atoms with Crippen molar-refractivity contribution in [1.82, 2.24) is 9.88 Å². The number of aryl methyl sites for hydroxylation is 1. The highest BCUT2D eigenvalue weighted by Crippen LogP contribution is 2.40. The van der Waals surface area contributed by atoms with E-state index in [1.54, 1.807) is 12.1 Å². The molecule has 170 valence electrons. The predicted octanol–water partition coefficient (Wildman–Crippen LogP) is 7.51. The minimum atomic E-state index is -4.36. The van der Waals surface area contributed by atoms with Crippen molar-refractivity contribution >= 4 is 28.2 Å². The van der Waals surface area contributed by atoms with Gasteiger partial charge in [0.1, 0.15) is 5.82 Å². The number of rotatable bonds is 6. The SMILES string of the molecule is CCc1[nH]c2cc(F)ccc2c1C1=CCN(C(CC)Sc2ccccc2C(F)(F)F)CC1. The van der Waals surface area contributed by atoms with Gasteiger partial charge in [-0.15, -0.1) is 11.8 Å². The molecular formula is C25H26F4N2S. The highest BCUT2D eigenvalue weighted by atomic mass is 32.2. The van der Waals surface area contributed by atoms with Gasteiger partial charge in [-0.3, -0.25) is 4.90 Å². The molecule has 3 aromatic rings. The van der Waals surface area contributed by atoms with Crippen molar-refractivity contribution in [3.63, 3.8) is 0 Å². The molecule has 2 nitrogen and oxygen atoms in total. The largest absolute Gasteiger partial charge is 0.417 e. The molecule has 0 saturated heterocycles. The maximum atomic E-state index is 13.7. The molecule has 4 rings (SSSR count). The Morgan fingerprint density at radius 2 is 1.91 bits per heavy atom. The fraction of sp³-hybridized carbons (Fsp3) is 0.360. The van der Waals surface area contributed by atoms with E-state index in [2.05, 4.69) is 22.9 Å². The Labute approximate surface area is 189 Å². The average Bonchev–Trinajstić information content (AvgIpc) is 3.15. The summed E-state index contributed by atoms with van der Waals surface area (Å²) < 4.78 is 53.9. The average molecular weight is 463 g/mol. The molecule has 2 aromatic carbocycles. The van der Waals surface area contributed by atoms with Crippen LogP contribution in [0.4, 0.5) is 17.6 Å². The monoisotopic (exact) mass is 462 g/mol. The summed E-state index contributed by atoms with van der Waals surface area (Å²) in [6, 6.07) is 10.6. The van der Waals surface area contributed by atoms with E-state index in [1.165, 1.54) is 35.5 Å². The predicted molar refractivity (Wildman–Crippen MR) is 123 cm³/mol. The van der Waals surface area contributed by atoms with Gasteiger partial charge >= 0.3 is 6.18 Å². The first-order valence-corrected chi connectivity index (χ1v) is 11.8. The minimum Gasteiger partial charge on any atom is -0.358 e. The van der Waals surface area contributed by atoms with E-state index in [0.717, 1.165) is 54.0 Å². The van der Waals surface area contributed by atoms with E-state index in [0.29, 0.717) is 6.54 Å². The lowest BCUT2D eigenvalue weighted by Gasteiger charge is -2.33. The molecule has 32 heavy (non-hydrogen) atoms. The van der Waals surface area contributed by atoms with Gasteiger partial charge in [-0.05, 0) is 55.2 Å². The molecule has 0 aliphatic carbocycles. The van der Waals surface area contributed by atoms with Crippen molar-refractivity contribution in [2.45, 2.75) is 49.6 Å². The van der Waals surface area contributed by atoms with E-state index >= 15 is 0 Å². The number of nitrogens with zero attached hydrogens (tertiary/aromatic N) is 1. The van der Waals surface area contributed by atoms with E-state index in [9.17, 15) is 17.6 Å². The number of alkyl halides is 3. The number of H-pyrrole nitrogens is 1. The van der Waals surface area contributed by atoms with E-state index in [1.807, 2.05) is 13.0 Å². The third-order valence-corrected chi connectivity index (χ3v) is 7.48. The van der Waals surface area contributed by atoms with Crippen molar-refractivity contribution in [2.75, 3.05) is 13.1 Å². The van der Waals surface area contributed by atoms with Gasteiger partial charge in [0.15, 0.2) is 0 Å². The van der Waals surface area contributed by atoms with Crippen LogP contribution in [0.1, 0.15) is 43.5 Å². The number of hydrogen-bond donors (Lipinski definition) is 1. The summed E-state index contributed by atoms with van der Waals surface area (Å²) in [7, 11) is 0. The number of aromatic amines is 1. The zero-order chi connectivity index (χ0) is 22.9. The van der Waals surface area contributed by atoms with Crippen molar-refractivity contribution in [1.29, 1.82) is 0 Å². The van der Waals surface area contributed by atoms with Crippen LogP contribution in [0.2, 0.25) is 0 Å². The van der Waals surface area contributed by atoms with Gasteiger partial charge in [-0.2, -0.15) is 13.2 Å². The van der Waals surface area contributed by atoms with Crippen molar-refractivity contribution in [2.24, 2.45) is 0 Å². The van der Waals surface area contributed by atoms with Gasteiger partial charge < -0.3 is 4.98 Å². The van der Waals surface area contributed by atoms with Crippen LogP contribution >= 0.6 is 11.8 Å². The first-order valence-electron chi connectivity index (χ1n) is 10.9. The number of fused-ring (bicyclic) bond motifs is 1. The standard InChI is InChI=1S/C25H26F4N2S/c1-3-20-24(18-10-9-17(26)15-21(18)30-20)16-11-13-31(14-12-16)23(4-2)32-22-8-6-5-7-19(22)25(27,28)29/h5-11,15,23,30H,3-4,12-14H2,1-2H3. The molecule has 7 heteroatoms. The number of thioether (sulfide) groups is 1. The van der Waals surface area contributed by atoms with Crippen molar-refractivity contribution in [3.05, 3.63) is 71.2 Å². The lowest BCUT2D eigenvalue weighted by atomic mass is 9.95. The maximum absolute atomic E-state index is 13.7. The molecule has 1 N–H and O–H groups in total. The molecule has 0 saturated carbocycles. The first-order chi connectivity index (χ1) is 15.3. The van der Waals surface area contributed by atoms with Crippen LogP contribution in [0, 0.1) is 5.82 Å². The Hall–Kier alpha value is -2.25. The quantitative estimate of drug-likeness (QED) is 0.302. The third kappa shape index (κ3) is 4.59. The van der Waals surface area contributed by atoms with Gasteiger partial charge in [0, 0.05) is 40.1 Å². The van der Waals surface area contributed by atoms with Crippen LogP contribution in [0.3, 0.4) is 0 Å². The summed E-state index contributed by atoms with van der Waals surface area (Å²) in [4.78, 5) is 5.85. The highest BCUT2D eigenvalue weighted by molar-refractivity contribution is 8.00. The van der Waals surface area contributed by atoms with Crippen LogP contribution in [0.25, 0.3) is 16.5 Å². The van der Waals surface area contributed by atoms with E-state index in [4.69, 9.17) is 0 Å². The zero-order valence-corrected chi connectivity index (χ0v) is 18.9. The van der Waals surface area contributed by atoms with Crippen LogP contribution in [-0.4, -0.2) is 28.3 Å². The lowest BCUT2D eigenvalue weighted by Crippen LogP contribution is -2.36. The molecule has 0 fully saturated rings. The lowest BCUT2D eigenvalue weighted by molar-refractivity contribution is -0.139. The number of halogens is 4. The second kappa shape index (κ2) is 9.32. The normalized spacial score (nSPS) is 16.4. The van der Waals surface area contributed by atoms with Gasteiger partial charge in [0.25, 0.3) is 0 Å². The molecule has 1 aromatic heterocycles. The van der Waals surface area contributed by atoms with Crippen molar-refractivity contribution < 1.29 is 17.6 Å². The molecular weight excluding hydrogens is 436 g/mol. The van der Waals surface area contributed by atoms with E-state index in [-0.39, 0.29) is 16.1 Å². The van der Waals surface area contributed by atoms with Crippen molar-refractivity contribution in [3.8, 4) is 0 Å². The molecule has 1 aliphatic rings. The van der Waals surface area contributed by atoms with Crippen LogP contribution < -0.4 is 0 Å². The molecule has 0 spiro atoms. The minimum absolute atomic E-state index is 0.0426. The number of nitrogens with one attached hydrogen (secondary N) is 1. The van der Waals surface area contributed by atoms with E-state index < -0.39 is 11.7 Å². The molecule has 0 radical (unpaired) electrons. The van der Waals surface area contributed by atoms with Gasteiger partial charge in [-0.1, -0.05) is 32.1 Å². The zero-order valence-electron chi connectivity index (χ0n) is 18.1. The topological polar surface area (TPSA) is 19.0 Å². The Kier molecular flexibility index (Phi) is 6.67. The smallest absolute Gasteiger partial charge is 0.358 e. The summed E-state index contributed by atoms with van der Waals surface area (Å²) in [5, 5.41) is 0.975. The summed E-state index contributed by atoms with van der Waals surface area (Å²) in [6.45, 7) is 5.52. The Bertz CT molecular complexity index is 1130. The van der Waals surface area contributed by atoms with Gasteiger partial charge in [0.05, 0.1) is 10.9 Å². The molecule has 1 atom stereocenters. The molecule has 0 amide bonds. The number of benzene rings is 2. The summed E-state index contributed by atoms with van der Waals surface area (Å²) in [6.07, 6.45) is 0.173.